The van der Waals surface area contributed by atoms with Crippen LogP contribution in [0.4, 0.5) is 10.1 Å². The smallest absolute Gasteiger partial charge is 0.271 e. The van der Waals surface area contributed by atoms with Gasteiger partial charge in [-0.05, 0) is 29.8 Å². The normalized spacial score (nSPS) is 16.8. The predicted molar refractivity (Wildman–Crippen MR) is 82.3 cm³/mol. The molecule has 0 saturated carbocycles. The predicted octanol–water partition coefficient (Wildman–Crippen LogP) is 2.98. The number of carbonyl (C=O) groups is 1. The van der Waals surface area contributed by atoms with Gasteiger partial charge >= 0.3 is 0 Å². The topological polar surface area (TPSA) is 41.9 Å². The first kappa shape index (κ1) is 14.3. The zero-order valence-electron chi connectivity index (χ0n) is 12.1. The summed E-state index contributed by atoms with van der Waals surface area (Å²) in [5, 5.41) is 3.96. The average Bonchev–Trinajstić information content (AvgIpc) is 3.05. The SMILES string of the molecule is CN(C(=O)[C@H]1CC(c2ccc(F)cc2)=NO1)c1ccccc1. The van der Waals surface area contributed by atoms with E-state index in [1.807, 2.05) is 30.3 Å². The van der Waals surface area contributed by atoms with Crippen LogP contribution >= 0.6 is 0 Å². The second-order valence-electron chi connectivity index (χ2n) is 5.08. The van der Waals surface area contributed by atoms with Crippen LogP contribution in [0.5, 0.6) is 0 Å². The Hall–Kier alpha value is -2.69. The minimum Gasteiger partial charge on any atom is -0.382 e. The van der Waals surface area contributed by atoms with E-state index in [1.54, 1.807) is 24.1 Å². The second-order valence-corrected chi connectivity index (χ2v) is 5.08. The maximum atomic E-state index is 12.9. The number of oxime groups is 1. The molecule has 1 atom stereocenters. The number of carbonyl (C=O) groups excluding carboxylic acids is 1. The van der Waals surface area contributed by atoms with Crippen LogP contribution in [0, 0.1) is 5.82 Å². The average molecular weight is 298 g/mol. The Kier molecular flexibility index (Phi) is 3.87. The van der Waals surface area contributed by atoms with Crippen molar-refractivity contribution in [3.63, 3.8) is 0 Å². The highest BCUT2D eigenvalue weighted by molar-refractivity contribution is 6.06. The highest BCUT2D eigenvalue weighted by Gasteiger charge is 2.31. The molecule has 112 valence electrons. The summed E-state index contributed by atoms with van der Waals surface area (Å²) >= 11 is 0. The molecule has 0 fully saturated rings. The molecule has 0 aliphatic carbocycles. The summed E-state index contributed by atoms with van der Waals surface area (Å²) in [6.07, 6.45) is -0.271. The van der Waals surface area contributed by atoms with Crippen molar-refractivity contribution in [2.75, 3.05) is 11.9 Å². The lowest BCUT2D eigenvalue weighted by atomic mass is 10.0. The monoisotopic (exact) mass is 298 g/mol. The Morgan fingerprint density at radius 3 is 2.55 bits per heavy atom. The molecule has 0 N–H and O–H groups in total. The van der Waals surface area contributed by atoms with Crippen molar-refractivity contribution in [1.29, 1.82) is 0 Å². The van der Waals surface area contributed by atoms with Gasteiger partial charge < -0.3 is 9.74 Å². The van der Waals surface area contributed by atoms with Gasteiger partial charge in [-0.1, -0.05) is 35.5 Å². The number of benzene rings is 2. The summed E-state index contributed by atoms with van der Waals surface area (Å²) < 4.78 is 12.9. The van der Waals surface area contributed by atoms with Gasteiger partial charge in [0.25, 0.3) is 5.91 Å². The van der Waals surface area contributed by atoms with Crippen molar-refractivity contribution in [3.8, 4) is 0 Å². The van der Waals surface area contributed by atoms with E-state index in [0.717, 1.165) is 11.3 Å². The molecule has 0 spiro atoms. The summed E-state index contributed by atoms with van der Waals surface area (Å²) in [5.74, 6) is -0.466. The highest BCUT2D eigenvalue weighted by Crippen LogP contribution is 2.21. The van der Waals surface area contributed by atoms with Crippen LogP contribution in [0.1, 0.15) is 12.0 Å². The van der Waals surface area contributed by atoms with Gasteiger partial charge in [0.2, 0.25) is 6.10 Å². The van der Waals surface area contributed by atoms with Crippen molar-refractivity contribution in [2.24, 2.45) is 5.16 Å². The molecular formula is C17H15FN2O2. The fourth-order valence-corrected chi connectivity index (χ4v) is 2.32. The molecule has 0 bridgehead atoms. The van der Waals surface area contributed by atoms with Gasteiger partial charge in [-0.25, -0.2) is 4.39 Å². The van der Waals surface area contributed by atoms with Crippen molar-refractivity contribution in [3.05, 3.63) is 66.0 Å². The van der Waals surface area contributed by atoms with E-state index in [2.05, 4.69) is 5.16 Å². The molecular weight excluding hydrogens is 283 g/mol. The number of hydrogen-bond acceptors (Lipinski definition) is 3. The van der Waals surface area contributed by atoms with Gasteiger partial charge in [-0.3, -0.25) is 4.79 Å². The lowest BCUT2D eigenvalue weighted by Gasteiger charge is -2.19. The lowest BCUT2D eigenvalue weighted by molar-refractivity contribution is -0.128. The van der Waals surface area contributed by atoms with E-state index < -0.39 is 6.10 Å². The summed E-state index contributed by atoms with van der Waals surface area (Å²) in [6, 6.07) is 15.3. The zero-order chi connectivity index (χ0) is 15.5. The largest absolute Gasteiger partial charge is 0.382 e. The highest BCUT2D eigenvalue weighted by atomic mass is 19.1. The van der Waals surface area contributed by atoms with Gasteiger partial charge in [0, 0.05) is 19.2 Å². The Labute approximate surface area is 127 Å². The summed E-state index contributed by atoms with van der Waals surface area (Å²) in [7, 11) is 1.71. The number of para-hydroxylation sites is 1. The van der Waals surface area contributed by atoms with Gasteiger partial charge in [0.1, 0.15) is 5.82 Å². The van der Waals surface area contributed by atoms with Crippen LogP contribution in [0.2, 0.25) is 0 Å². The number of hydrogen-bond donors (Lipinski definition) is 0. The quantitative estimate of drug-likeness (QED) is 0.874. The Morgan fingerprint density at radius 2 is 1.86 bits per heavy atom. The van der Waals surface area contributed by atoms with Gasteiger partial charge in [-0.15, -0.1) is 0 Å². The number of halogens is 1. The second kappa shape index (κ2) is 5.97. The van der Waals surface area contributed by atoms with Crippen molar-refractivity contribution in [1.82, 2.24) is 0 Å². The summed E-state index contributed by atoms with van der Waals surface area (Å²) in [6.45, 7) is 0. The third-order valence-electron chi connectivity index (χ3n) is 3.60. The maximum Gasteiger partial charge on any atom is 0.271 e. The first-order chi connectivity index (χ1) is 10.6. The molecule has 1 heterocycles. The Balaban J connectivity index is 1.69. The molecule has 5 heteroatoms. The van der Waals surface area contributed by atoms with E-state index >= 15 is 0 Å². The molecule has 2 aromatic rings. The van der Waals surface area contributed by atoms with Crippen LogP contribution < -0.4 is 4.90 Å². The maximum absolute atomic E-state index is 12.9. The molecule has 2 aromatic carbocycles. The van der Waals surface area contributed by atoms with Gasteiger partial charge in [0.15, 0.2) is 0 Å². The fourth-order valence-electron chi connectivity index (χ4n) is 2.32. The minimum absolute atomic E-state index is 0.160. The molecule has 0 aromatic heterocycles. The third-order valence-corrected chi connectivity index (χ3v) is 3.60. The van der Waals surface area contributed by atoms with Crippen molar-refractivity contribution >= 4 is 17.3 Å². The molecule has 1 amide bonds. The molecule has 1 aliphatic rings. The minimum atomic E-state index is -0.648. The van der Waals surface area contributed by atoms with Gasteiger partial charge in [-0.2, -0.15) is 0 Å². The van der Waals surface area contributed by atoms with Crippen LogP contribution in [0.25, 0.3) is 0 Å². The first-order valence-electron chi connectivity index (χ1n) is 6.96. The number of nitrogens with zero attached hydrogens (tertiary/aromatic N) is 2. The van der Waals surface area contributed by atoms with Crippen LogP contribution in [0.3, 0.4) is 0 Å². The Bertz CT molecular complexity index is 698. The van der Waals surface area contributed by atoms with Crippen LogP contribution in [0.15, 0.2) is 59.8 Å². The Morgan fingerprint density at radius 1 is 1.18 bits per heavy atom. The standard InChI is InChI=1S/C17H15FN2O2/c1-20(14-5-3-2-4-6-14)17(21)16-11-15(19-22-16)12-7-9-13(18)10-8-12/h2-10,16H,11H2,1H3/t16-/m1/s1. The number of likely N-dealkylation sites (N-methyl/N-ethyl adjacent to an activating group) is 1. The number of amides is 1. The third kappa shape index (κ3) is 2.83. The molecule has 22 heavy (non-hydrogen) atoms. The van der Waals surface area contributed by atoms with Crippen LogP contribution in [-0.4, -0.2) is 24.8 Å². The molecule has 0 radical (unpaired) electrons. The van der Waals surface area contributed by atoms with E-state index in [-0.39, 0.29) is 11.7 Å². The molecule has 0 saturated heterocycles. The van der Waals surface area contributed by atoms with Gasteiger partial charge in [0.05, 0.1) is 5.71 Å². The van der Waals surface area contributed by atoms with E-state index in [9.17, 15) is 9.18 Å². The molecule has 4 nitrogen and oxygen atoms in total. The molecule has 0 unspecified atom stereocenters. The zero-order valence-corrected chi connectivity index (χ0v) is 12.1. The summed E-state index contributed by atoms with van der Waals surface area (Å²) in [4.78, 5) is 19.3. The first-order valence-corrected chi connectivity index (χ1v) is 6.96. The van der Waals surface area contributed by atoms with Crippen molar-refractivity contribution in [2.45, 2.75) is 12.5 Å². The summed E-state index contributed by atoms with van der Waals surface area (Å²) in [5.41, 5.74) is 2.21. The van der Waals surface area contributed by atoms with E-state index in [1.165, 1.54) is 12.1 Å². The van der Waals surface area contributed by atoms with Crippen LogP contribution in [-0.2, 0) is 9.63 Å². The lowest BCUT2D eigenvalue weighted by Crippen LogP contribution is -2.36. The number of rotatable bonds is 3. The molecule has 1 aliphatic heterocycles. The van der Waals surface area contributed by atoms with Crippen molar-refractivity contribution < 1.29 is 14.0 Å². The number of anilines is 1. The molecule has 3 rings (SSSR count). The van der Waals surface area contributed by atoms with E-state index in [4.69, 9.17) is 4.84 Å². The fraction of sp³-hybridized carbons (Fsp3) is 0.176. The van der Waals surface area contributed by atoms with E-state index in [0.29, 0.717) is 12.1 Å².